The van der Waals surface area contributed by atoms with Gasteiger partial charge in [0.1, 0.15) is 0 Å². The van der Waals surface area contributed by atoms with Crippen LogP contribution in [0.3, 0.4) is 0 Å². The third-order valence-electron chi connectivity index (χ3n) is 3.69. The van der Waals surface area contributed by atoms with Gasteiger partial charge >= 0.3 is 228 Å². The molecule has 3 saturated heterocycles. The van der Waals surface area contributed by atoms with E-state index < -0.39 is 141 Å². The van der Waals surface area contributed by atoms with E-state index in [1.54, 1.807) is 0 Å². The van der Waals surface area contributed by atoms with E-state index in [0.29, 0.717) is 0 Å². The fraction of sp³-hybridized carbons (Fsp3) is 0. The first kappa shape index (κ1) is 89.1. The Hall–Kier alpha value is 6.70. The van der Waals surface area contributed by atoms with E-state index in [0.717, 1.165) is 0 Å². The Balaban J connectivity index is -0.000000498. The van der Waals surface area contributed by atoms with Crippen molar-refractivity contribution in [3.8, 4) is 0 Å². The van der Waals surface area contributed by atoms with Gasteiger partial charge in [0.15, 0.2) is 0 Å². The summed E-state index contributed by atoms with van der Waals surface area (Å²) in [7, 11) is -112. The summed E-state index contributed by atoms with van der Waals surface area (Å²) < 4.78 is 258. The maximum Gasteiger partial charge on any atom is 1.00 e. The molecule has 3 aliphatic rings. The van der Waals surface area contributed by atoms with Crippen molar-refractivity contribution in [2.24, 2.45) is 0 Å². The fourth-order valence-corrected chi connectivity index (χ4v) is 28.1. The van der Waals surface area contributed by atoms with Gasteiger partial charge in [0.25, 0.3) is 31.3 Å². The van der Waals surface area contributed by atoms with Gasteiger partial charge in [-0.15, -0.1) is 0 Å². The topological polar surface area (TPSA) is 849 Å². The summed E-state index contributed by atoms with van der Waals surface area (Å²) in [6.07, 6.45) is 0. The van der Waals surface area contributed by atoms with Gasteiger partial charge in [-0.3, -0.25) is 18.3 Å². The Morgan fingerprint density at radius 3 is 0.316 bits per heavy atom. The third-order valence-corrected chi connectivity index (χ3v) is 33.2. The molecular weight excluding hydrogens is 1510 g/mol. The molecule has 3 aliphatic heterocycles. The molecule has 0 aromatic rings. The second kappa shape index (κ2) is 30.2. The van der Waals surface area contributed by atoms with Gasteiger partial charge in [0.2, 0.25) is 0 Å². The first-order chi connectivity index (χ1) is 30.7. The Labute approximate surface area is 501 Å². The molecule has 54 nitrogen and oxygen atoms in total. The average Bonchev–Trinajstić information content (AvgIpc) is 2.82. The third kappa shape index (κ3) is 39.0. The molecule has 3 heterocycles. The SMILES string of the molecule is O=P1(O)OP(=O)(O)OP(=O)(O)OP(=O)(O)OP(=O)(O)OP(=O)(O)O1.O=P1(O)OP(=O)(O)OP(=O)(O)OP(=O)(O)OP(=O)(O)OP(=O)(O)O1.O=P1([O-])OP(=O)([O-])OP(=O)([O-])OP(=O)(O)OP(=O)(O)OP(=O)([O-])O1.[Na+].[Na+].[Na+].[Na+]. The Morgan fingerprint density at radius 2 is 0.224 bits per heavy atom. The Kier molecular flexibility index (Phi) is 35.4. The number of phosphoric acid groups is 18. The van der Waals surface area contributed by atoms with E-state index in [9.17, 15) is 102 Å². The average molecular weight is 1530 g/mol. The van der Waals surface area contributed by atoms with Gasteiger partial charge < -0.3 is 88.1 Å². The van der Waals surface area contributed by atoms with Crippen LogP contribution in [0.15, 0.2) is 0 Å². The number of hydrogen-bond donors (Lipinski definition) is 14. The van der Waals surface area contributed by atoms with Crippen molar-refractivity contribution < 1.29 is 366 Å². The number of hydrogen-bond acceptors (Lipinski definition) is 40. The standard InChI is InChI=1S/4Na.3H6O18P6/c;;;;3*1-19(2)13-20(3,4)15-22(7,8)17-24(11,12)18-23(9,10)16-21(5,6)14-19/h;;;;3*(H,1,2)(H,3,4)(H,5,6)(H,7,8)(H,9,10)(H,11,12)/q4*+1;;;/p-4. The first-order valence-corrected chi connectivity index (χ1v) is 40.2. The van der Waals surface area contributed by atoms with Crippen LogP contribution in [0.1, 0.15) is 0 Å². The van der Waals surface area contributed by atoms with E-state index in [1.165, 1.54) is 0 Å². The summed E-state index contributed by atoms with van der Waals surface area (Å²) in [6, 6.07) is 0. The van der Waals surface area contributed by atoms with Gasteiger partial charge in [-0.1, -0.05) is 0 Å². The molecule has 0 radical (unpaired) electrons. The predicted octanol–water partition coefficient (Wildman–Crippen LogP) is -12.4. The molecule has 0 amide bonds. The summed E-state index contributed by atoms with van der Waals surface area (Å²) in [4.78, 5) is 169. The molecule has 76 heavy (non-hydrogen) atoms. The number of rotatable bonds is 0. The minimum Gasteiger partial charge on any atom is -0.756 e. The quantitative estimate of drug-likeness (QED) is 0.0791. The summed E-state index contributed by atoms with van der Waals surface area (Å²) in [5, 5.41) is 0. The molecule has 432 valence electrons. The molecule has 76 heteroatoms. The van der Waals surface area contributed by atoms with E-state index in [1.807, 2.05) is 0 Å². The van der Waals surface area contributed by atoms with Crippen molar-refractivity contribution in [1.29, 1.82) is 0 Å². The molecule has 14 N–H and O–H groups in total. The van der Waals surface area contributed by atoms with Crippen LogP contribution in [0.5, 0.6) is 0 Å². The predicted molar refractivity (Wildman–Crippen MR) is 188 cm³/mol. The molecule has 6 unspecified atom stereocenters. The first-order valence-electron chi connectivity index (χ1n) is 13.4. The molecule has 0 spiro atoms. The fourth-order valence-electron chi connectivity index (χ4n) is 2.58. The molecule has 0 aliphatic carbocycles. The molecule has 0 aromatic heterocycles. The summed E-state index contributed by atoms with van der Waals surface area (Å²) in [5.41, 5.74) is 0. The van der Waals surface area contributed by atoms with Crippen LogP contribution in [-0.2, 0) is 160 Å². The van der Waals surface area contributed by atoms with E-state index in [4.69, 9.17) is 68.5 Å². The van der Waals surface area contributed by atoms with Crippen molar-refractivity contribution in [3.63, 3.8) is 0 Å². The van der Waals surface area contributed by atoms with Gasteiger partial charge in [-0.05, 0) is 0 Å². The Morgan fingerprint density at radius 1 is 0.158 bits per heavy atom. The molecule has 0 bridgehead atoms. The van der Waals surface area contributed by atoms with Crippen LogP contribution in [0.4, 0.5) is 0 Å². The summed E-state index contributed by atoms with van der Waals surface area (Å²) >= 11 is 0. The van der Waals surface area contributed by atoms with Crippen LogP contribution in [-0.4, -0.2) is 68.5 Å². The van der Waals surface area contributed by atoms with Crippen LogP contribution >= 0.6 is 141 Å². The monoisotopic (exact) mass is 1530 g/mol. The van der Waals surface area contributed by atoms with Crippen LogP contribution in [0.2, 0.25) is 0 Å². The van der Waals surface area contributed by atoms with E-state index in [2.05, 4.69) is 77.6 Å². The van der Waals surface area contributed by atoms with Crippen molar-refractivity contribution in [1.82, 2.24) is 0 Å². The minimum absolute atomic E-state index is 0. The second-order valence-corrected chi connectivity index (χ2v) is 38.3. The van der Waals surface area contributed by atoms with E-state index >= 15 is 0 Å². The van der Waals surface area contributed by atoms with Gasteiger partial charge in [0.05, 0.1) is 0 Å². The Bertz CT molecular complexity index is 2060. The van der Waals surface area contributed by atoms with Gasteiger partial charge in [-0.25, -0.2) is 85.5 Å². The molecule has 0 aromatic carbocycles. The molecule has 6 atom stereocenters. The van der Waals surface area contributed by atoms with Crippen molar-refractivity contribution in [2.75, 3.05) is 0 Å². The molecule has 3 fully saturated rings. The normalized spacial score (nSPS) is 52.3. The maximum absolute atomic E-state index is 11.2. The molecule has 0 saturated carbocycles. The van der Waals surface area contributed by atoms with Crippen LogP contribution in [0.25, 0.3) is 0 Å². The zero-order valence-electron chi connectivity index (χ0n) is 34.6. The smallest absolute Gasteiger partial charge is 0.756 e. The van der Waals surface area contributed by atoms with Crippen molar-refractivity contribution in [3.05, 3.63) is 0 Å². The largest absolute Gasteiger partial charge is 1.00 e. The van der Waals surface area contributed by atoms with Gasteiger partial charge in [-0.2, -0.15) is 56.0 Å². The van der Waals surface area contributed by atoms with Crippen LogP contribution < -0.4 is 138 Å². The summed E-state index contributed by atoms with van der Waals surface area (Å²) in [5.74, 6) is 0. The minimum atomic E-state index is -6.51. The van der Waals surface area contributed by atoms with E-state index in [-0.39, 0.29) is 118 Å². The second-order valence-electron chi connectivity index (χ2n) is 9.82. The zero-order valence-corrected chi connectivity index (χ0v) is 58.7. The van der Waals surface area contributed by atoms with Crippen LogP contribution in [0, 0.1) is 0 Å². The summed E-state index contributed by atoms with van der Waals surface area (Å²) in [6.45, 7) is 0. The molecular formula is H14Na4O54P18. The van der Waals surface area contributed by atoms with Crippen molar-refractivity contribution in [2.45, 2.75) is 0 Å². The zero-order chi connectivity index (χ0) is 57.7. The van der Waals surface area contributed by atoms with Crippen molar-refractivity contribution >= 4 is 141 Å². The molecule has 3 rings (SSSR count). The van der Waals surface area contributed by atoms with Gasteiger partial charge in [0, 0.05) is 0 Å². The maximum atomic E-state index is 11.2.